The molecule has 5 nitrogen and oxygen atoms in total. The zero-order chi connectivity index (χ0) is 23.3. The van der Waals surface area contributed by atoms with E-state index in [0.717, 1.165) is 5.56 Å². The normalized spacial score (nSPS) is 12.4. The van der Waals surface area contributed by atoms with Gasteiger partial charge < -0.3 is 19.6 Å². The Morgan fingerprint density at radius 1 is 1.12 bits per heavy atom. The monoisotopic (exact) mass is 459 g/mol. The first kappa shape index (κ1) is 23.4. The maximum atomic E-state index is 12.4. The molecule has 0 fully saturated rings. The predicted octanol–water partition coefficient (Wildman–Crippen LogP) is 5.47. The van der Waals surface area contributed by atoms with Crippen LogP contribution in [0.3, 0.4) is 0 Å². The minimum atomic E-state index is -2.92. The van der Waals surface area contributed by atoms with Crippen molar-refractivity contribution in [1.29, 1.82) is 0 Å². The molecule has 168 valence electrons. The fourth-order valence-corrected chi connectivity index (χ4v) is 3.29. The summed E-state index contributed by atoms with van der Waals surface area (Å²) in [4.78, 5) is 0.292. The second-order valence-corrected chi connectivity index (χ2v) is 8.51. The Labute approximate surface area is 191 Å². The third kappa shape index (κ3) is 5.91. The van der Waals surface area contributed by atoms with Crippen LogP contribution in [0.1, 0.15) is 37.7 Å². The molecule has 0 saturated heterocycles. The molecule has 32 heavy (non-hydrogen) atoms. The number of hydrogen-bond acceptors (Lipinski definition) is 4. The van der Waals surface area contributed by atoms with Gasteiger partial charge in [0, 0.05) is 17.7 Å². The van der Waals surface area contributed by atoms with Gasteiger partial charge in [0.2, 0.25) is 0 Å². The van der Waals surface area contributed by atoms with Gasteiger partial charge in [-0.3, -0.25) is 0 Å². The average molecular weight is 460 g/mol. The van der Waals surface area contributed by atoms with Gasteiger partial charge in [-0.05, 0) is 47.4 Å². The molecular formula is C24H25F2N2O3S+. The summed E-state index contributed by atoms with van der Waals surface area (Å²) >= 11 is 5.58. The summed E-state index contributed by atoms with van der Waals surface area (Å²) in [5.41, 5.74) is 1.82. The number of aliphatic hydroxyl groups is 1. The van der Waals surface area contributed by atoms with Gasteiger partial charge in [0.05, 0.1) is 12.8 Å². The first-order chi connectivity index (χ1) is 15.1. The van der Waals surface area contributed by atoms with E-state index in [4.69, 9.17) is 16.6 Å². The van der Waals surface area contributed by atoms with E-state index in [2.05, 4.69) is 30.8 Å². The van der Waals surface area contributed by atoms with Crippen molar-refractivity contribution in [3.05, 3.63) is 84.1 Å². The molecule has 3 rings (SSSR count). The molecule has 0 spiro atoms. The lowest BCUT2D eigenvalue weighted by Gasteiger charge is -2.18. The van der Waals surface area contributed by atoms with Gasteiger partial charge in [-0.15, -0.1) is 0 Å². The van der Waals surface area contributed by atoms with E-state index in [1.807, 2.05) is 30.6 Å². The molecule has 0 atom stereocenters. The van der Waals surface area contributed by atoms with E-state index in [1.165, 1.54) is 24.3 Å². The third-order valence-electron chi connectivity index (χ3n) is 4.75. The Morgan fingerprint density at radius 3 is 2.31 bits per heavy atom. The van der Waals surface area contributed by atoms with Gasteiger partial charge in [-0.25, -0.2) is 0 Å². The molecule has 2 N–H and O–H groups in total. The molecule has 0 aliphatic rings. The Kier molecular flexibility index (Phi) is 7.25. The topological polar surface area (TPSA) is 58.5 Å². The number of nitrogens with zero attached hydrogens (tertiary/aromatic N) is 1. The van der Waals surface area contributed by atoms with Crippen molar-refractivity contribution in [3.8, 4) is 5.75 Å². The first-order valence-electron chi connectivity index (χ1n) is 9.96. The number of aliphatic hydroxyl groups excluding tert-OH is 1. The fraction of sp³-hybridized carbons (Fsp3) is 0.250. The third-order valence-corrected chi connectivity index (χ3v) is 5.09. The van der Waals surface area contributed by atoms with Crippen molar-refractivity contribution in [2.75, 3.05) is 0 Å². The van der Waals surface area contributed by atoms with E-state index in [1.54, 1.807) is 16.9 Å². The predicted molar refractivity (Wildman–Crippen MR) is 122 cm³/mol. The molecule has 0 saturated carbocycles. The van der Waals surface area contributed by atoms with Crippen LogP contribution in [-0.4, -0.2) is 16.7 Å². The number of rotatable bonds is 7. The van der Waals surface area contributed by atoms with Crippen LogP contribution in [0.2, 0.25) is 0 Å². The summed E-state index contributed by atoms with van der Waals surface area (Å²) in [6, 6.07) is 13.2. The van der Waals surface area contributed by atoms with E-state index in [0.29, 0.717) is 28.6 Å². The largest absolute Gasteiger partial charge is 0.502 e. The standard InChI is InChI=1S/C24H24F2N2O3S/c1-24(2,3)17-10-12-28(13-11-17)20(22(32)27-15-19-5-4-14-30-19)21(29)16-6-8-18(9-7-16)31-23(25)26/h4-14,23H,15H2,1-3H3,(H-,27,29,32)/p+1. The molecule has 3 aromatic rings. The zero-order valence-electron chi connectivity index (χ0n) is 18.0. The number of furan rings is 1. The second-order valence-electron chi connectivity index (χ2n) is 8.11. The number of nitrogens with one attached hydrogen (secondary N) is 1. The van der Waals surface area contributed by atoms with E-state index < -0.39 is 6.61 Å². The second kappa shape index (κ2) is 9.91. The van der Waals surface area contributed by atoms with Crippen molar-refractivity contribution in [1.82, 2.24) is 5.32 Å². The van der Waals surface area contributed by atoms with Gasteiger partial charge in [-0.1, -0.05) is 33.0 Å². The van der Waals surface area contributed by atoms with Crippen molar-refractivity contribution < 1.29 is 27.6 Å². The number of hydrogen-bond donors (Lipinski definition) is 2. The lowest BCUT2D eigenvalue weighted by molar-refractivity contribution is -0.576. The highest BCUT2D eigenvalue weighted by atomic mass is 32.1. The molecule has 0 amide bonds. The maximum Gasteiger partial charge on any atom is 0.387 e. The number of aromatic nitrogens is 1. The highest BCUT2D eigenvalue weighted by Gasteiger charge is 2.25. The van der Waals surface area contributed by atoms with Crippen molar-refractivity contribution in [2.24, 2.45) is 0 Å². The van der Waals surface area contributed by atoms with Crippen LogP contribution in [0.4, 0.5) is 8.78 Å². The van der Waals surface area contributed by atoms with E-state index in [-0.39, 0.29) is 16.9 Å². The van der Waals surface area contributed by atoms with Crippen LogP contribution < -0.4 is 14.6 Å². The molecular weight excluding hydrogens is 434 g/mol. The number of alkyl halides is 2. The van der Waals surface area contributed by atoms with Crippen molar-refractivity contribution in [2.45, 2.75) is 39.3 Å². The van der Waals surface area contributed by atoms with Gasteiger partial charge in [0.1, 0.15) is 11.5 Å². The minimum Gasteiger partial charge on any atom is -0.502 e. The van der Waals surface area contributed by atoms with Crippen LogP contribution in [0.15, 0.2) is 71.6 Å². The molecule has 0 aliphatic heterocycles. The van der Waals surface area contributed by atoms with Crippen LogP contribution in [0, 0.1) is 0 Å². The smallest absolute Gasteiger partial charge is 0.387 e. The van der Waals surface area contributed by atoms with Crippen molar-refractivity contribution >= 4 is 28.7 Å². The number of pyridine rings is 1. The summed E-state index contributed by atoms with van der Waals surface area (Å²) < 4.78 is 36.3. The molecule has 2 aromatic heterocycles. The van der Waals surface area contributed by atoms with Crippen LogP contribution in [0.5, 0.6) is 5.75 Å². The lowest BCUT2D eigenvalue weighted by Crippen LogP contribution is -2.41. The summed E-state index contributed by atoms with van der Waals surface area (Å²) in [6.45, 7) is 3.75. The number of halogens is 2. The summed E-state index contributed by atoms with van der Waals surface area (Å²) in [5.74, 6) is 0.575. The SMILES string of the molecule is CC(C)(C)c1cc[n+](/C(C(=S)NCc2ccco2)=C(/O)c2ccc(OC(F)F)cc2)cc1. The molecule has 2 heterocycles. The Hall–Kier alpha value is -3.26. The zero-order valence-corrected chi connectivity index (χ0v) is 18.8. The quantitative estimate of drug-likeness (QED) is 0.212. The molecule has 0 aliphatic carbocycles. The maximum absolute atomic E-state index is 12.4. The number of ether oxygens (including phenoxy) is 1. The highest BCUT2D eigenvalue weighted by Crippen LogP contribution is 2.23. The van der Waals surface area contributed by atoms with Gasteiger partial charge in [-0.2, -0.15) is 13.3 Å². The Balaban J connectivity index is 1.97. The van der Waals surface area contributed by atoms with Gasteiger partial charge in [0.15, 0.2) is 23.1 Å². The molecule has 0 unspecified atom stereocenters. The average Bonchev–Trinajstić information content (AvgIpc) is 3.26. The molecule has 0 radical (unpaired) electrons. The van der Waals surface area contributed by atoms with E-state index >= 15 is 0 Å². The first-order valence-corrected chi connectivity index (χ1v) is 10.4. The fourth-order valence-electron chi connectivity index (χ4n) is 3.02. The van der Waals surface area contributed by atoms with Gasteiger partial charge in [0.25, 0.3) is 5.70 Å². The summed E-state index contributed by atoms with van der Waals surface area (Å²) in [5, 5.41) is 14.2. The van der Waals surface area contributed by atoms with E-state index in [9.17, 15) is 13.9 Å². The highest BCUT2D eigenvalue weighted by molar-refractivity contribution is 7.81. The van der Waals surface area contributed by atoms with Crippen LogP contribution in [0.25, 0.3) is 11.5 Å². The molecule has 8 heteroatoms. The molecule has 1 aromatic carbocycles. The van der Waals surface area contributed by atoms with Crippen LogP contribution >= 0.6 is 12.2 Å². The Bertz CT molecular complexity index is 1070. The molecule has 0 bridgehead atoms. The number of thiocarbonyl (C=S) groups is 1. The van der Waals surface area contributed by atoms with Gasteiger partial charge >= 0.3 is 6.61 Å². The van der Waals surface area contributed by atoms with Crippen molar-refractivity contribution in [3.63, 3.8) is 0 Å². The lowest BCUT2D eigenvalue weighted by atomic mass is 9.88. The summed E-state index contributed by atoms with van der Waals surface area (Å²) in [7, 11) is 0. The minimum absolute atomic E-state index is 0.00111. The summed E-state index contributed by atoms with van der Waals surface area (Å²) in [6.07, 6.45) is 5.21. The van der Waals surface area contributed by atoms with Crippen LogP contribution in [-0.2, 0) is 12.0 Å². The Morgan fingerprint density at radius 2 is 1.78 bits per heavy atom. The number of benzene rings is 1.